The fraction of sp³-hybridized carbons (Fsp3) is 0.656. The molecule has 0 saturated carbocycles. The van der Waals surface area contributed by atoms with Crippen LogP contribution in [0.5, 0.6) is 0 Å². The van der Waals surface area contributed by atoms with Crippen LogP contribution in [0.2, 0.25) is 0 Å². The van der Waals surface area contributed by atoms with Crippen LogP contribution < -0.4 is 5.32 Å². The van der Waals surface area contributed by atoms with Gasteiger partial charge in [0.25, 0.3) is 0 Å². The highest BCUT2D eigenvalue weighted by molar-refractivity contribution is 7.47. The highest BCUT2D eigenvalue weighted by Crippen LogP contribution is 2.43. The second-order valence-corrected chi connectivity index (χ2v) is 12.5. The van der Waals surface area contributed by atoms with E-state index in [4.69, 9.17) is 9.05 Å². The molecular formula is C32H58N2O6P+. The second kappa shape index (κ2) is 24.8. The van der Waals surface area contributed by atoms with E-state index in [0.717, 1.165) is 51.4 Å². The van der Waals surface area contributed by atoms with Gasteiger partial charge in [0.1, 0.15) is 13.2 Å². The number of amides is 1. The highest BCUT2D eigenvalue weighted by Gasteiger charge is 2.27. The van der Waals surface area contributed by atoms with Crippen LogP contribution in [0.3, 0.4) is 0 Å². The molecule has 0 aliphatic rings. The Morgan fingerprint density at radius 1 is 0.854 bits per heavy atom. The lowest BCUT2D eigenvalue weighted by atomic mass is 10.1. The Labute approximate surface area is 250 Å². The molecule has 41 heavy (non-hydrogen) atoms. The molecular weight excluding hydrogens is 539 g/mol. The number of hydrogen-bond acceptors (Lipinski definition) is 5. The van der Waals surface area contributed by atoms with E-state index in [1.165, 1.54) is 6.42 Å². The molecule has 3 atom stereocenters. The molecule has 0 radical (unpaired) electrons. The molecule has 1 amide bonds. The van der Waals surface area contributed by atoms with Crippen molar-refractivity contribution in [3.63, 3.8) is 0 Å². The number of carbonyl (C=O) groups excluding carboxylic acids is 1. The van der Waals surface area contributed by atoms with Crippen molar-refractivity contribution in [2.45, 2.75) is 96.6 Å². The maximum Gasteiger partial charge on any atom is 0.472 e. The molecule has 3 N–H and O–H groups in total. The summed E-state index contributed by atoms with van der Waals surface area (Å²) >= 11 is 0. The molecule has 0 saturated heterocycles. The summed E-state index contributed by atoms with van der Waals surface area (Å²) in [7, 11) is 1.51. The van der Waals surface area contributed by atoms with E-state index in [2.05, 4.69) is 55.6 Å². The topological polar surface area (TPSA) is 105 Å². The molecule has 0 aromatic rings. The van der Waals surface area contributed by atoms with Crippen molar-refractivity contribution in [3.8, 4) is 0 Å². The summed E-state index contributed by atoms with van der Waals surface area (Å²) in [4.78, 5) is 22.7. The van der Waals surface area contributed by atoms with Crippen LogP contribution in [-0.4, -0.2) is 73.4 Å². The minimum absolute atomic E-state index is 0.0450. The minimum atomic E-state index is -4.33. The summed E-state index contributed by atoms with van der Waals surface area (Å²) in [5, 5.41) is 13.5. The van der Waals surface area contributed by atoms with Crippen molar-refractivity contribution >= 4 is 13.7 Å². The number of carbonyl (C=O) groups is 1. The predicted octanol–water partition coefficient (Wildman–Crippen LogP) is 6.78. The average molecular weight is 598 g/mol. The van der Waals surface area contributed by atoms with Gasteiger partial charge in [0.2, 0.25) is 5.91 Å². The number of aliphatic hydroxyl groups is 1. The Kier molecular flexibility index (Phi) is 23.7. The Balaban J connectivity index is 4.74. The van der Waals surface area contributed by atoms with Crippen LogP contribution >= 0.6 is 7.82 Å². The molecule has 0 bridgehead atoms. The van der Waals surface area contributed by atoms with Crippen molar-refractivity contribution in [1.82, 2.24) is 5.32 Å². The van der Waals surface area contributed by atoms with Crippen LogP contribution in [0, 0.1) is 0 Å². The molecule has 0 spiro atoms. The van der Waals surface area contributed by atoms with Gasteiger partial charge in [-0.05, 0) is 44.9 Å². The Morgan fingerprint density at radius 2 is 1.46 bits per heavy atom. The number of nitrogens with zero attached hydrogens (tertiary/aromatic N) is 1. The summed E-state index contributed by atoms with van der Waals surface area (Å²) < 4.78 is 23.1. The normalized spacial score (nSPS) is 16.0. The number of allylic oxidation sites excluding steroid dienone is 9. The first-order valence-corrected chi connectivity index (χ1v) is 16.7. The summed E-state index contributed by atoms with van der Waals surface area (Å²) in [5.41, 5.74) is 0. The number of likely N-dealkylation sites (N-methyl/N-ethyl adjacent to an activating group) is 1. The lowest BCUT2D eigenvalue weighted by Gasteiger charge is -2.25. The van der Waals surface area contributed by atoms with Crippen molar-refractivity contribution in [3.05, 3.63) is 60.8 Å². The number of phosphoric ester groups is 1. The molecule has 0 fully saturated rings. The minimum Gasteiger partial charge on any atom is -0.387 e. The Bertz CT molecular complexity index is 861. The van der Waals surface area contributed by atoms with Crippen molar-refractivity contribution in [2.75, 3.05) is 40.9 Å². The number of rotatable bonds is 25. The molecule has 0 aliphatic heterocycles. The predicted molar refractivity (Wildman–Crippen MR) is 170 cm³/mol. The van der Waals surface area contributed by atoms with E-state index in [1.807, 2.05) is 39.4 Å². The summed E-state index contributed by atoms with van der Waals surface area (Å²) in [6.07, 6.45) is 29.0. The zero-order valence-electron chi connectivity index (χ0n) is 26.2. The summed E-state index contributed by atoms with van der Waals surface area (Å²) in [5.74, 6) is -0.268. The van der Waals surface area contributed by atoms with Crippen LogP contribution in [0.25, 0.3) is 0 Å². The molecule has 0 aliphatic carbocycles. The first kappa shape index (κ1) is 39.2. The van der Waals surface area contributed by atoms with Gasteiger partial charge in [-0.3, -0.25) is 13.8 Å². The lowest BCUT2D eigenvalue weighted by molar-refractivity contribution is -0.870. The molecule has 0 aromatic heterocycles. The second-order valence-electron chi connectivity index (χ2n) is 11.1. The standard InChI is InChI=1S/C32H57N2O6P/c1-6-8-10-12-14-15-16-17-18-19-20-22-24-26-32(36)33-30(31(35)25-23-21-13-11-9-7-2)29-40-41(37,38)39-28-27-34(3,4)5/h8,10,14-15,17-18,20,22-23,25,30-31,35H,6-7,9,11-13,16,19,21,24,26-29H2,1-5H3,(H-,33,36,37,38)/p+1/b10-8-,15-14-,18-17-,22-20-,25-23+. The smallest absolute Gasteiger partial charge is 0.387 e. The van der Waals surface area contributed by atoms with E-state index < -0.39 is 20.0 Å². The number of unbranched alkanes of at least 4 members (excludes halogenated alkanes) is 4. The number of hydrogen-bond donors (Lipinski definition) is 3. The van der Waals surface area contributed by atoms with Gasteiger partial charge in [-0.1, -0.05) is 93.9 Å². The molecule has 9 heteroatoms. The SMILES string of the molecule is CC/C=C\C/C=C\C/C=C\C/C=C\CCC(=O)NC(COP(=O)(O)OCC[N+](C)(C)C)C(O)/C=C/CCCCCC. The summed E-state index contributed by atoms with van der Waals surface area (Å²) in [6, 6.07) is -0.880. The maximum absolute atomic E-state index is 12.6. The van der Waals surface area contributed by atoms with Gasteiger partial charge in [-0.25, -0.2) is 4.57 Å². The molecule has 3 unspecified atom stereocenters. The Morgan fingerprint density at radius 3 is 2.05 bits per heavy atom. The average Bonchev–Trinajstić information content (AvgIpc) is 2.90. The molecule has 0 aromatic carbocycles. The monoisotopic (exact) mass is 597 g/mol. The largest absolute Gasteiger partial charge is 0.472 e. The van der Waals surface area contributed by atoms with E-state index >= 15 is 0 Å². The van der Waals surface area contributed by atoms with E-state index in [9.17, 15) is 19.4 Å². The molecule has 0 rings (SSSR count). The van der Waals surface area contributed by atoms with Crippen LogP contribution in [0.15, 0.2) is 60.8 Å². The zero-order chi connectivity index (χ0) is 30.8. The third-order valence-electron chi connectivity index (χ3n) is 6.01. The highest BCUT2D eigenvalue weighted by atomic mass is 31.2. The fourth-order valence-electron chi connectivity index (χ4n) is 3.52. The van der Waals surface area contributed by atoms with Gasteiger partial charge in [0.15, 0.2) is 0 Å². The zero-order valence-corrected chi connectivity index (χ0v) is 27.1. The van der Waals surface area contributed by atoms with E-state index in [-0.39, 0.29) is 25.5 Å². The van der Waals surface area contributed by atoms with E-state index in [1.54, 1.807) is 6.08 Å². The maximum atomic E-state index is 12.6. The van der Waals surface area contributed by atoms with Gasteiger partial charge in [0, 0.05) is 6.42 Å². The third-order valence-corrected chi connectivity index (χ3v) is 6.99. The number of phosphoric acid groups is 1. The van der Waals surface area contributed by atoms with Gasteiger partial charge in [0.05, 0.1) is 39.9 Å². The van der Waals surface area contributed by atoms with Crippen molar-refractivity contribution < 1.29 is 32.9 Å². The lowest BCUT2D eigenvalue weighted by Crippen LogP contribution is -2.45. The van der Waals surface area contributed by atoms with Crippen LogP contribution in [-0.2, 0) is 18.4 Å². The van der Waals surface area contributed by atoms with Gasteiger partial charge >= 0.3 is 7.82 Å². The van der Waals surface area contributed by atoms with Gasteiger partial charge < -0.3 is 19.8 Å². The molecule has 0 heterocycles. The number of nitrogens with one attached hydrogen (secondary N) is 1. The van der Waals surface area contributed by atoms with Gasteiger partial charge in [-0.15, -0.1) is 0 Å². The third kappa shape index (κ3) is 26.8. The van der Waals surface area contributed by atoms with Crippen LogP contribution in [0.1, 0.15) is 84.5 Å². The van der Waals surface area contributed by atoms with Crippen molar-refractivity contribution in [1.29, 1.82) is 0 Å². The van der Waals surface area contributed by atoms with E-state index in [0.29, 0.717) is 17.4 Å². The summed E-state index contributed by atoms with van der Waals surface area (Å²) in [6.45, 7) is 4.49. The fourth-order valence-corrected chi connectivity index (χ4v) is 4.25. The number of aliphatic hydroxyl groups excluding tert-OH is 1. The number of quaternary nitrogens is 1. The molecule has 8 nitrogen and oxygen atoms in total. The van der Waals surface area contributed by atoms with Crippen LogP contribution in [0.4, 0.5) is 0 Å². The first-order chi connectivity index (χ1) is 19.5. The molecule has 236 valence electrons. The van der Waals surface area contributed by atoms with Crippen molar-refractivity contribution in [2.24, 2.45) is 0 Å². The quantitative estimate of drug-likeness (QED) is 0.0464. The van der Waals surface area contributed by atoms with Gasteiger partial charge in [-0.2, -0.15) is 0 Å². The first-order valence-electron chi connectivity index (χ1n) is 15.2. The Hall–Kier alpha value is -1.80.